The second-order valence-corrected chi connectivity index (χ2v) is 6.58. The van der Waals surface area contributed by atoms with Gasteiger partial charge >= 0.3 is 0 Å². The van der Waals surface area contributed by atoms with E-state index in [1.54, 1.807) is 6.92 Å². The third-order valence-electron chi connectivity index (χ3n) is 4.14. The highest BCUT2D eigenvalue weighted by atomic mass is 16.2. The maximum Gasteiger partial charge on any atom is 0.242 e. The lowest BCUT2D eigenvalue weighted by Crippen LogP contribution is -2.47. The molecule has 2 rings (SSSR count). The largest absolute Gasteiger partial charge is 0.353 e. The second kappa shape index (κ2) is 9.73. The molecule has 0 aromatic heterocycles. The summed E-state index contributed by atoms with van der Waals surface area (Å²) in [5.41, 5.74) is 1.80. The third-order valence-corrected chi connectivity index (χ3v) is 4.14. The predicted molar refractivity (Wildman–Crippen MR) is 104 cm³/mol. The molecule has 2 N–H and O–H groups in total. The van der Waals surface area contributed by atoms with Gasteiger partial charge in [-0.1, -0.05) is 60.7 Å². The van der Waals surface area contributed by atoms with E-state index in [0.29, 0.717) is 6.54 Å². The lowest BCUT2D eigenvalue weighted by atomic mass is 9.90. The summed E-state index contributed by atoms with van der Waals surface area (Å²) in [5, 5.41) is 5.69. The molecule has 138 valence electrons. The van der Waals surface area contributed by atoms with Crippen LogP contribution in [-0.2, 0) is 9.59 Å². The van der Waals surface area contributed by atoms with Crippen molar-refractivity contribution in [2.45, 2.75) is 18.9 Å². The van der Waals surface area contributed by atoms with Crippen LogP contribution in [0.1, 0.15) is 24.0 Å². The van der Waals surface area contributed by atoms with E-state index < -0.39 is 12.0 Å². The number of rotatable bonds is 8. The molecule has 2 aromatic rings. The number of carbonyl (C=O) groups excluding carboxylic acids is 2. The number of hydrogen-bond acceptors (Lipinski definition) is 3. The van der Waals surface area contributed by atoms with E-state index >= 15 is 0 Å². The van der Waals surface area contributed by atoms with Crippen LogP contribution in [0.2, 0.25) is 0 Å². The number of carbonyl (C=O) groups is 2. The van der Waals surface area contributed by atoms with Crippen molar-refractivity contribution >= 4 is 11.8 Å². The molecule has 0 bridgehead atoms. The maximum atomic E-state index is 12.9. The van der Waals surface area contributed by atoms with E-state index in [1.807, 2.05) is 79.7 Å². The van der Waals surface area contributed by atoms with Gasteiger partial charge in [0.25, 0.3) is 0 Å². The summed E-state index contributed by atoms with van der Waals surface area (Å²) < 4.78 is 0. The highest BCUT2D eigenvalue weighted by Crippen LogP contribution is 2.24. The zero-order chi connectivity index (χ0) is 18.9. The summed E-state index contributed by atoms with van der Waals surface area (Å²) >= 11 is 0. The zero-order valence-corrected chi connectivity index (χ0v) is 15.6. The number of amides is 2. The van der Waals surface area contributed by atoms with Gasteiger partial charge in [-0.2, -0.15) is 0 Å². The van der Waals surface area contributed by atoms with Crippen molar-refractivity contribution in [3.05, 3.63) is 71.8 Å². The highest BCUT2D eigenvalue weighted by molar-refractivity contribution is 5.92. The van der Waals surface area contributed by atoms with Gasteiger partial charge in [0.15, 0.2) is 0 Å². The molecular weight excluding hydrogens is 326 g/mol. The van der Waals surface area contributed by atoms with Crippen LogP contribution in [0.25, 0.3) is 0 Å². The van der Waals surface area contributed by atoms with Gasteiger partial charge in [0, 0.05) is 13.1 Å². The molecule has 2 aromatic carbocycles. The Bertz CT molecular complexity index is 662. The van der Waals surface area contributed by atoms with Crippen molar-refractivity contribution < 1.29 is 9.59 Å². The van der Waals surface area contributed by atoms with Crippen molar-refractivity contribution in [2.75, 3.05) is 27.2 Å². The van der Waals surface area contributed by atoms with Crippen LogP contribution in [0.5, 0.6) is 0 Å². The molecule has 0 spiro atoms. The number of benzene rings is 2. The molecular formula is C21H27N3O2. The third kappa shape index (κ3) is 5.70. The van der Waals surface area contributed by atoms with Crippen molar-refractivity contribution in [3.8, 4) is 0 Å². The second-order valence-electron chi connectivity index (χ2n) is 6.58. The fraction of sp³-hybridized carbons (Fsp3) is 0.333. The number of likely N-dealkylation sites (N-methyl/N-ethyl adjacent to an activating group) is 1. The zero-order valence-electron chi connectivity index (χ0n) is 15.6. The van der Waals surface area contributed by atoms with Gasteiger partial charge in [-0.25, -0.2) is 0 Å². The minimum atomic E-state index is -0.598. The van der Waals surface area contributed by atoms with E-state index in [2.05, 4.69) is 10.6 Å². The first kappa shape index (κ1) is 19.7. The minimum absolute atomic E-state index is 0.180. The van der Waals surface area contributed by atoms with Gasteiger partial charge in [0.2, 0.25) is 11.8 Å². The molecule has 0 saturated heterocycles. The van der Waals surface area contributed by atoms with Crippen LogP contribution in [0.3, 0.4) is 0 Å². The average molecular weight is 353 g/mol. The van der Waals surface area contributed by atoms with Crippen molar-refractivity contribution in [1.82, 2.24) is 15.5 Å². The lowest BCUT2D eigenvalue weighted by molar-refractivity contribution is -0.128. The molecule has 0 aliphatic carbocycles. The smallest absolute Gasteiger partial charge is 0.242 e. The molecule has 0 unspecified atom stereocenters. The Kier molecular flexibility index (Phi) is 7.36. The minimum Gasteiger partial charge on any atom is -0.353 e. The van der Waals surface area contributed by atoms with Gasteiger partial charge in [-0.15, -0.1) is 0 Å². The molecule has 5 heteroatoms. The highest BCUT2D eigenvalue weighted by Gasteiger charge is 2.25. The van der Waals surface area contributed by atoms with Crippen molar-refractivity contribution in [1.29, 1.82) is 0 Å². The fourth-order valence-corrected chi connectivity index (χ4v) is 2.70. The number of nitrogens with one attached hydrogen (secondary N) is 2. The first-order valence-electron chi connectivity index (χ1n) is 8.81. The Labute approximate surface area is 155 Å². The maximum absolute atomic E-state index is 12.9. The molecule has 0 saturated carbocycles. The Hall–Kier alpha value is -2.66. The summed E-state index contributed by atoms with van der Waals surface area (Å²) in [4.78, 5) is 27.1. The summed E-state index contributed by atoms with van der Waals surface area (Å²) in [6, 6.07) is 18.6. The molecule has 2 amide bonds. The van der Waals surface area contributed by atoms with Gasteiger partial charge in [0.1, 0.15) is 6.04 Å². The molecule has 0 radical (unpaired) electrons. The Morgan fingerprint density at radius 2 is 1.38 bits per heavy atom. The van der Waals surface area contributed by atoms with E-state index in [1.165, 1.54) is 0 Å². The van der Waals surface area contributed by atoms with Gasteiger partial charge in [-0.3, -0.25) is 9.59 Å². The summed E-state index contributed by atoms with van der Waals surface area (Å²) in [7, 11) is 3.89. The molecule has 0 fully saturated rings. The molecule has 0 aliphatic rings. The number of nitrogens with zero attached hydrogens (tertiary/aromatic N) is 1. The van der Waals surface area contributed by atoms with Gasteiger partial charge in [0.05, 0.1) is 5.92 Å². The lowest BCUT2D eigenvalue weighted by Gasteiger charge is -2.21. The Morgan fingerprint density at radius 1 is 0.885 bits per heavy atom. The van der Waals surface area contributed by atoms with Crippen LogP contribution in [-0.4, -0.2) is 49.9 Å². The Morgan fingerprint density at radius 3 is 1.85 bits per heavy atom. The van der Waals surface area contributed by atoms with Crippen molar-refractivity contribution in [2.24, 2.45) is 0 Å². The molecule has 0 aliphatic heterocycles. The predicted octanol–water partition coefficient (Wildman–Crippen LogP) is 2.00. The topological polar surface area (TPSA) is 61.4 Å². The SMILES string of the molecule is C[C@@H](NC(=O)C(c1ccccc1)c1ccccc1)C(=O)NCCN(C)C. The summed E-state index contributed by atoms with van der Waals surface area (Å²) in [6.07, 6.45) is 0. The normalized spacial score (nSPS) is 12.0. The van der Waals surface area contributed by atoms with Crippen molar-refractivity contribution in [3.63, 3.8) is 0 Å². The standard InChI is InChI=1S/C21H27N3O2/c1-16(20(25)22-14-15-24(2)3)23-21(26)19(17-10-6-4-7-11-17)18-12-8-5-9-13-18/h4-13,16,19H,14-15H2,1-3H3,(H,22,25)(H,23,26)/t16-/m1/s1. The molecule has 1 atom stereocenters. The fourth-order valence-electron chi connectivity index (χ4n) is 2.70. The monoisotopic (exact) mass is 353 g/mol. The van der Waals surface area contributed by atoms with Crippen LogP contribution >= 0.6 is 0 Å². The molecule has 0 heterocycles. The van der Waals surface area contributed by atoms with Crippen LogP contribution < -0.4 is 10.6 Å². The molecule has 5 nitrogen and oxygen atoms in total. The summed E-state index contributed by atoms with van der Waals surface area (Å²) in [6.45, 7) is 3.01. The summed E-state index contributed by atoms with van der Waals surface area (Å²) in [5.74, 6) is -0.813. The number of hydrogen-bond donors (Lipinski definition) is 2. The quantitative estimate of drug-likeness (QED) is 0.763. The Balaban J connectivity index is 2.08. The van der Waals surface area contributed by atoms with Crippen LogP contribution in [0, 0.1) is 0 Å². The van der Waals surface area contributed by atoms with Gasteiger partial charge in [-0.05, 0) is 32.1 Å². The van der Waals surface area contributed by atoms with E-state index in [0.717, 1.165) is 17.7 Å². The molecule has 26 heavy (non-hydrogen) atoms. The van der Waals surface area contributed by atoms with E-state index in [4.69, 9.17) is 0 Å². The first-order valence-corrected chi connectivity index (χ1v) is 8.81. The van der Waals surface area contributed by atoms with Crippen LogP contribution in [0.4, 0.5) is 0 Å². The average Bonchev–Trinajstić information content (AvgIpc) is 2.63. The van der Waals surface area contributed by atoms with Crippen LogP contribution in [0.15, 0.2) is 60.7 Å². The van der Waals surface area contributed by atoms with Gasteiger partial charge < -0.3 is 15.5 Å². The van der Waals surface area contributed by atoms with E-state index in [9.17, 15) is 9.59 Å². The first-order chi connectivity index (χ1) is 12.5. The van der Waals surface area contributed by atoms with E-state index in [-0.39, 0.29) is 11.8 Å².